The molecule has 1 fully saturated rings. The van der Waals surface area contributed by atoms with Gasteiger partial charge in [0.05, 0.1) is 6.42 Å². The van der Waals surface area contributed by atoms with E-state index in [-0.39, 0.29) is 18.7 Å². The number of amides is 1. The number of carbonyl (C=O) groups is 2. The number of anilines is 1. The number of carboxylic acid groups (broad SMARTS) is 1. The standard InChI is InChI=1S/C17H24N2O3/c1-2-13-6-9-18-14(10-13)19-15(20)11-17(12-16(21)22)7-4-3-5-8-17/h6,9-10H,2-5,7-8,11-12H2,1H3,(H,21,22)(H,18,19,20). The molecule has 2 N–H and O–H groups in total. The number of carboxylic acids is 1. The van der Waals surface area contributed by atoms with Crippen molar-refractivity contribution < 1.29 is 14.7 Å². The van der Waals surface area contributed by atoms with Gasteiger partial charge in [-0.2, -0.15) is 0 Å². The number of aliphatic carboxylic acids is 1. The second-order valence-corrected chi connectivity index (χ2v) is 6.26. The maximum absolute atomic E-state index is 12.3. The second kappa shape index (κ2) is 7.38. The third-order valence-corrected chi connectivity index (χ3v) is 4.48. The third-order valence-electron chi connectivity index (χ3n) is 4.48. The van der Waals surface area contributed by atoms with Crippen molar-refractivity contribution in [3.05, 3.63) is 23.9 Å². The molecular formula is C17H24N2O3. The summed E-state index contributed by atoms with van der Waals surface area (Å²) in [6.07, 6.45) is 7.66. The van der Waals surface area contributed by atoms with E-state index in [0.29, 0.717) is 5.82 Å². The number of aromatic nitrogens is 1. The molecule has 0 aliphatic heterocycles. The number of hydrogen-bond acceptors (Lipinski definition) is 3. The van der Waals surface area contributed by atoms with Gasteiger partial charge in [-0.05, 0) is 42.4 Å². The highest BCUT2D eigenvalue weighted by Crippen LogP contribution is 2.42. The zero-order valence-electron chi connectivity index (χ0n) is 13.1. The molecule has 0 saturated heterocycles. The largest absolute Gasteiger partial charge is 0.481 e. The Morgan fingerprint density at radius 3 is 2.64 bits per heavy atom. The number of aryl methyl sites for hydroxylation is 1. The fourth-order valence-corrected chi connectivity index (χ4v) is 3.33. The molecule has 1 aromatic rings. The minimum absolute atomic E-state index is 0.0723. The van der Waals surface area contributed by atoms with Crippen molar-refractivity contribution in [2.45, 2.75) is 58.3 Å². The summed E-state index contributed by atoms with van der Waals surface area (Å²) in [5, 5.41) is 12.0. The molecule has 0 aromatic carbocycles. The van der Waals surface area contributed by atoms with Gasteiger partial charge in [-0.3, -0.25) is 9.59 Å². The van der Waals surface area contributed by atoms with Crippen LogP contribution in [0.15, 0.2) is 18.3 Å². The van der Waals surface area contributed by atoms with E-state index in [9.17, 15) is 9.59 Å². The average Bonchev–Trinajstić information content (AvgIpc) is 2.47. The Hall–Kier alpha value is -1.91. The maximum atomic E-state index is 12.3. The van der Waals surface area contributed by atoms with Crippen LogP contribution in [0.2, 0.25) is 0 Å². The Bertz CT molecular complexity index is 536. The van der Waals surface area contributed by atoms with E-state index < -0.39 is 11.4 Å². The Labute approximate surface area is 131 Å². The van der Waals surface area contributed by atoms with Gasteiger partial charge in [0.25, 0.3) is 0 Å². The lowest BCUT2D eigenvalue weighted by atomic mass is 9.69. The predicted molar refractivity (Wildman–Crippen MR) is 84.6 cm³/mol. The fourth-order valence-electron chi connectivity index (χ4n) is 3.33. The van der Waals surface area contributed by atoms with E-state index >= 15 is 0 Å². The van der Waals surface area contributed by atoms with Crippen molar-refractivity contribution in [3.63, 3.8) is 0 Å². The van der Waals surface area contributed by atoms with Crippen LogP contribution >= 0.6 is 0 Å². The first-order valence-electron chi connectivity index (χ1n) is 8.00. The first kappa shape index (κ1) is 16.5. The van der Waals surface area contributed by atoms with Gasteiger partial charge >= 0.3 is 5.97 Å². The average molecular weight is 304 g/mol. The number of hydrogen-bond donors (Lipinski definition) is 2. The minimum Gasteiger partial charge on any atom is -0.481 e. The summed E-state index contributed by atoms with van der Waals surface area (Å²) in [7, 11) is 0. The van der Waals surface area contributed by atoms with Crippen LogP contribution in [-0.2, 0) is 16.0 Å². The van der Waals surface area contributed by atoms with E-state index in [2.05, 4.69) is 10.3 Å². The predicted octanol–water partition coefficient (Wildman–Crippen LogP) is 3.40. The summed E-state index contributed by atoms with van der Waals surface area (Å²) in [6.45, 7) is 2.05. The van der Waals surface area contributed by atoms with Gasteiger partial charge in [-0.1, -0.05) is 26.2 Å². The number of carbonyl (C=O) groups excluding carboxylic acids is 1. The molecule has 22 heavy (non-hydrogen) atoms. The van der Waals surface area contributed by atoms with Gasteiger partial charge in [-0.25, -0.2) is 4.98 Å². The molecule has 1 saturated carbocycles. The van der Waals surface area contributed by atoms with Crippen LogP contribution in [0.1, 0.15) is 57.4 Å². The number of rotatable bonds is 6. The van der Waals surface area contributed by atoms with E-state index in [4.69, 9.17) is 5.11 Å². The maximum Gasteiger partial charge on any atom is 0.303 e. The van der Waals surface area contributed by atoms with Gasteiger partial charge < -0.3 is 10.4 Å². The second-order valence-electron chi connectivity index (χ2n) is 6.26. The molecule has 0 bridgehead atoms. The van der Waals surface area contributed by atoms with E-state index in [0.717, 1.165) is 44.1 Å². The lowest BCUT2D eigenvalue weighted by Crippen LogP contribution is -2.32. The SMILES string of the molecule is CCc1ccnc(NC(=O)CC2(CC(=O)O)CCCCC2)c1. The van der Waals surface area contributed by atoms with Crippen LogP contribution in [0.25, 0.3) is 0 Å². The highest BCUT2D eigenvalue weighted by molar-refractivity contribution is 5.90. The smallest absolute Gasteiger partial charge is 0.303 e. The van der Waals surface area contributed by atoms with Gasteiger partial charge in [-0.15, -0.1) is 0 Å². The van der Waals surface area contributed by atoms with Gasteiger partial charge in [0.2, 0.25) is 5.91 Å². The van der Waals surface area contributed by atoms with Gasteiger partial charge in [0.15, 0.2) is 0 Å². The molecule has 5 nitrogen and oxygen atoms in total. The highest BCUT2D eigenvalue weighted by atomic mass is 16.4. The topological polar surface area (TPSA) is 79.3 Å². The van der Waals surface area contributed by atoms with Crippen LogP contribution < -0.4 is 5.32 Å². The molecule has 120 valence electrons. The molecule has 1 heterocycles. The molecule has 1 aliphatic carbocycles. The zero-order valence-corrected chi connectivity index (χ0v) is 13.1. The number of pyridine rings is 1. The Balaban J connectivity index is 2.02. The van der Waals surface area contributed by atoms with Gasteiger partial charge in [0, 0.05) is 12.6 Å². The molecule has 0 unspecified atom stereocenters. The molecule has 1 aliphatic rings. The fraction of sp³-hybridized carbons (Fsp3) is 0.588. The summed E-state index contributed by atoms with van der Waals surface area (Å²) < 4.78 is 0. The van der Waals surface area contributed by atoms with Crippen molar-refractivity contribution in [1.82, 2.24) is 4.98 Å². The lowest BCUT2D eigenvalue weighted by molar-refractivity contribution is -0.140. The monoisotopic (exact) mass is 304 g/mol. The number of nitrogens with zero attached hydrogens (tertiary/aromatic N) is 1. The molecule has 5 heteroatoms. The van der Waals surface area contributed by atoms with Gasteiger partial charge in [0.1, 0.15) is 5.82 Å². The van der Waals surface area contributed by atoms with Crippen LogP contribution in [0.4, 0.5) is 5.82 Å². The van der Waals surface area contributed by atoms with E-state index in [1.54, 1.807) is 6.20 Å². The van der Waals surface area contributed by atoms with Crippen molar-refractivity contribution >= 4 is 17.7 Å². The normalized spacial score (nSPS) is 17.0. The minimum atomic E-state index is -0.819. The molecule has 2 rings (SSSR count). The first-order chi connectivity index (χ1) is 10.5. The molecule has 1 amide bonds. The molecule has 0 radical (unpaired) electrons. The third kappa shape index (κ3) is 4.55. The summed E-state index contributed by atoms with van der Waals surface area (Å²) in [4.78, 5) is 27.6. The van der Waals surface area contributed by atoms with Crippen LogP contribution in [0.5, 0.6) is 0 Å². The Morgan fingerprint density at radius 1 is 1.27 bits per heavy atom. The lowest BCUT2D eigenvalue weighted by Gasteiger charge is -2.35. The zero-order chi connectivity index (χ0) is 16.0. The molecule has 0 spiro atoms. The molecule has 1 aromatic heterocycles. The van der Waals surface area contributed by atoms with Crippen molar-refractivity contribution in [2.24, 2.45) is 5.41 Å². The van der Waals surface area contributed by atoms with Crippen LogP contribution in [0, 0.1) is 5.41 Å². The summed E-state index contributed by atoms with van der Waals surface area (Å²) in [5.74, 6) is -0.407. The molecule has 0 atom stereocenters. The van der Waals surface area contributed by atoms with Crippen molar-refractivity contribution in [1.29, 1.82) is 0 Å². The highest BCUT2D eigenvalue weighted by Gasteiger charge is 2.36. The summed E-state index contributed by atoms with van der Waals surface area (Å²) in [5.41, 5.74) is 0.722. The van der Waals surface area contributed by atoms with Crippen LogP contribution in [0.3, 0.4) is 0 Å². The van der Waals surface area contributed by atoms with E-state index in [1.807, 2.05) is 19.1 Å². The Kier molecular flexibility index (Phi) is 5.52. The molecular weight excluding hydrogens is 280 g/mol. The quantitative estimate of drug-likeness (QED) is 0.844. The first-order valence-corrected chi connectivity index (χ1v) is 8.00. The summed E-state index contributed by atoms with van der Waals surface area (Å²) >= 11 is 0. The van der Waals surface area contributed by atoms with Crippen LogP contribution in [-0.4, -0.2) is 22.0 Å². The summed E-state index contributed by atoms with van der Waals surface area (Å²) in [6, 6.07) is 3.78. The van der Waals surface area contributed by atoms with E-state index in [1.165, 1.54) is 0 Å². The van der Waals surface area contributed by atoms with Crippen molar-refractivity contribution in [2.75, 3.05) is 5.32 Å². The van der Waals surface area contributed by atoms with Crippen molar-refractivity contribution in [3.8, 4) is 0 Å². The number of nitrogens with one attached hydrogen (secondary N) is 1. The Morgan fingerprint density at radius 2 is 2.00 bits per heavy atom.